The van der Waals surface area contributed by atoms with Gasteiger partial charge in [0, 0.05) is 12.1 Å². The van der Waals surface area contributed by atoms with Crippen molar-refractivity contribution in [2.45, 2.75) is 83.2 Å². The molecule has 1 aliphatic carbocycles. The van der Waals surface area contributed by atoms with Crippen LogP contribution in [0.1, 0.15) is 71.1 Å². The molecule has 1 unspecified atom stereocenters. The van der Waals surface area contributed by atoms with Crippen molar-refractivity contribution in [1.82, 2.24) is 10.2 Å². The Labute approximate surface area is 147 Å². The highest BCUT2D eigenvalue weighted by Crippen LogP contribution is 2.19. The first-order valence-corrected chi connectivity index (χ1v) is 11.6. The third-order valence-electron chi connectivity index (χ3n) is 5.34. The number of hydrogen-bond acceptors (Lipinski definition) is 4. The smallest absolute Gasteiger partial charge is 0.234 e. The zero-order valence-corrected chi connectivity index (χ0v) is 16.0. The first-order valence-electron chi connectivity index (χ1n) is 9.74. The number of sulfone groups is 1. The van der Waals surface area contributed by atoms with Gasteiger partial charge in [-0.3, -0.25) is 9.69 Å². The summed E-state index contributed by atoms with van der Waals surface area (Å²) in [5.41, 5.74) is 0. The van der Waals surface area contributed by atoms with Crippen LogP contribution in [0.5, 0.6) is 0 Å². The van der Waals surface area contributed by atoms with Crippen molar-refractivity contribution in [3.8, 4) is 0 Å². The molecule has 1 heterocycles. The summed E-state index contributed by atoms with van der Waals surface area (Å²) >= 11 is 0. The second kappa shape index (κ2) is 9.76. The van der Waals surface area contributed by atoms with E-state index in [2.05, 4.69) is 17.1 Å². The van der Waals surface area contributed by atoms with Crippen LogP contribution < -0.4 is 5.32 Å². The van der Waals surface area contributed by atoms with Gasteiger partial charge in [0.05, 0.1) is 18.1 Å². The van der Waals surface area contributed by atoms with E-state index < -0.39 is 9.84 Å². The van der Waals surface area contributed by atoms with Gasteiger partial charge in [0.25, 0.3) is 0 Å². The van der Waals surface area contributed by atoms with Gasteiger partial charge < -0.3 is 5.32 Å². The summed E-state index contributed by atoms with van der Waals surface area (Å²) < 4.78 is 23.5. The van der Waals surface area contributed by atoms with Gasteiger partial charge in [0.15, 0.2) is 9.84 Å². The average Bonchev–Trinajstić information content (AvgIpc) is 2.86. The number of amides is 1. The lowest BCUT2D eigenvalue weighted by atomic mass is 9.97. The van der Waals surface area contributed by atoms with Crippen LogP contribution in [-0.2, 0) is 14.6 Å². The molecule has 6 heteroatoms. The van der Waals surface area contributed by atoms with E-state index in [9.17, 15) is 13.2 Å². The van der Waals surface area contributed by atoms with E-state index in [-0.39, 0.29) is 23.5 Å². The Morgan fingerprint density at radius 3 is 2.33 bits per heavy atom. The van der Waals surface area contributed by atoms with E-state index in [4.69, 9.17) is 0 Å². The Morgan fingerprint density at radius 1 is 1.08 bits per heavy atom. The minimum Gasteiger partial charge on any atom is -0.352 e. The Balaban J connectivity index is 1.86. The molecule has 1 saturated heterocycles. The van der Waals surface area contributed by atoms with Gasteiger partial charge in [-0.2, -0.15) is 0 Å². The highest BCUT2D eigenvalue weighted by atomic mass is 32.2. The molecule has 2 aliphatic rings. The average molecular weight is 359 g/mol. The molecule has 0 aromatic heterocycles. The predicted octanol–water partition coefficient (Wildman–Crippen LogP) is 2.50. The number of hydrogen-bond donors (Lipinski definition) is 1. The Kier molecular flexibility index (Phi) is 8.01. The van der Waals surface area contributed by atoms with Crippen molar-refractivity contribution in [2.75, 3.05) is 24.6 Å². The lowest BCUT2D eigenvalue weighted by Crippen LogP contribution is -2.46. The Hall–Kier alpha value is -0.620. The molecular weight excluding hydrogens is 324 g/mol. The van der Waals surface area contributed by atoms with Gasteiger partial charge in [-0.05, 0) is 32.2 Å². The molecule has 0 bridgehead atoms. The van der Waals surface area contributed by atoms with Crippen molar-refractivity contribution in [1.29, 1.82) is 0 Å². The molecule has 5 nitrogen and oxygen atoms in total. The molecule has 2 rings (SSSR count). The van der Waals surface area contributed by atoms with Gasteiger partial charge in [-0.25, -0.2) is 8.42 Å². The summed E-state index contributed by atoms with van der Waals surface area (Å²) in [6.45, 7) is 3.28. The fraction of sp³-hybridized carbons (Fsp3) is 0.944. The highest BCUT2D eigenvalue weighted by molar-refractivity contribution is 7.91. The normalized spacial score (nSPS) is 25.3. The van der Waals surface area contributed by atoms with Crippen LogP contribution in [0.3, 0.4) is 0 Å². The van der Waals surface area contributed by atoms with Gasteiger partial charge in [-0.15, -0.1) is 0 Å². The third kappa shape index (κ3) is 6.71. The molecule has 1 N–H and O–H groups in total. The van der Waals surface area contributed by atoms with Crippen LogP contribution >= 0.6 is 0 Å². The summed E-state index contributed by atoms with van der Waals surface area (Å²) in [6, 6.07) is 0.322. The van der Waals surface area contributed by atoms with Crippen LogP contribution in [0, 0.1) is 0 Å². The summed E-state index contributed by atoms with van der Waals surface area (Å²) in [4.78, 5) is 14.6. The molecule has 0 spiro atoms. The molecule has 0 aromatic carbocycles. The number of unbranched alkanes of at least 4 members (excludes halogenated alkanes) is 1. The molecule has 0 radical (unpaired) electrons. The Bertz CT molecular complexity index is 484. The predicted molar refractivity (Wildman–Crippen MR) is 97.8 cm³/mol. The largest absolute Gasteiger partial charge is 0.352 e. The molecular formula is C18H34N2O3S. The van der Waals surface area contributed by atoms with E-state index in [1.807, 2.05) is 0 Å². The zero-order valence-electron chi connectivity index (χ0n) is 15.1. The van der Waals surface area contributed by atoms with Crippen molar-refractivity contribution in [2.24, 2.45) is 0 Å². The fourth-order valence-electron chi connectivity index (χ4n) is 3.87. The molecule has 2 fully saturated rings. The van der Waals surface area contributed by atoms with E-state index in [0.717, 1.165) is 32.2 Å². The summed E-state index contributed by atoms with van der Waals surface area (Å²) in [5, 5.41) is 3.21. The molecule has 1 saturated carbocycles. The quantitative estimate of drug-likeness (QED) is 0.759. The molecule has 140 valence electrons. The van der Waals surface area contributed by atoms with Crippen molar-refractivity contribution < 1.29 is 13.2 Å². The van der Waals surface area contributed by atoms with Gasteiger partial charge in [-0.1, -0.05) is 45.4 Å². The van der Waals surface area contributed by atoms with Crippen molar-refractivity contribution >= 4 is 15.7 Å². The van der Waals surface area contributed by atoms with Crippen LogP contribution in [0.15, 0.2) is 0 Å². The standard InChI is InChI=1S/C18H34N2O3S/c1-2-3-12-20(17-11-13-24(22,23)15-17)14-18(21)19-16-9-7-5-4-6-8-10-16/h16-17H,2-15H2,1H3,(H,19,21). The molecule has 0 aromatic rings. The van der Waals surface area contributed by atoms with E-state index >= 15 is 0 Å². The summed E-state index contributed by atoms with van der Waals surface area (Å²) in [7, 11) is -2.91. The fourth-order valence-corrected chi connectivity index (χ4v) is 5.64. The lowest BCUT2D eigenvalue weighted by Gasteiger charge is -2.29. The van der Waals surface area contributed by atoms with Crippen molar-refractivity contribution in [3.05, 3.63) is 0 Å². The third-order valence-corrected chi connectivity index (χ3v) is 7.09. The number of carbonyl (C=O) groups excluding carboxylic acids is 1. The number of carbonyl (C=O) groups is 1. The van der Waals surface area contributed by atoms with Gasteiger partial charge >= 0.3 is 0 Å². The number of nitrogens with one attached hydrogen (secondary N) is 1. The van der Waals surface area contributed by atoms with E-state index in [1.54, 1.807) is 0 Å². The molecule has 1 amide bonds. The van der Waals surface area contributed by atoms with Crippen LogP contribution in [-0.4, -0.2) is 55.9 Å². The van der Waals surface area contributed by atoms with Crippen LogP contribution in [0.2, 0.25) is 0 Å². The first kappa shape index (κ1) is 19.7. The highest BCUT2D eigenvalue weighted by Gasteiger charge is 2.33. The molecule has 24 heavy (non-hydrogen) atoms. The SMILES string of the molecule is CCCCN(CC(=O)NC1CCCCCCC1)C1CCS(=O)(=O)C1. The second-order valence-electron chi connectivity index (χ2n) is 7.49. The maximum Gasteiger partial charge on any atom is 0.234 e. The van der Waals surface area contributed by atoms with E-state index in [1.165, 1.54) is 32.1 Å². The van der Waals surface area contributed by atoms with Crippen LogP contribution in [0.25, 0.3) is 0 Å². The maximum absolute atomic E-state index is 12.5. The monoisotopic (exact) mass is 358 g/mol. The first-order chi connectivity index (χ1) is 11.5. The lowest BCUT2D eigenvalue weighted by molar-refractivity contribution is -0.123. The number of rotatable bonds is 7. The minimum absolute atomic E-state index is 0.0182. The number of nitrogens with zero attached hydrogens (tertiary/aromatic N) is 1. The van der Waals surface area contributed by atoms with E-state index in [0.29, 0.717) is 19.0 Å². The minimum atomic E-state index is -2.91. The van der Waals surface area contributed by atoms with Crippen LogP contribution in [0.4, 0.5) is 0 Å². The maximum atomic E-state index is 12.5. The van der Waals surface area contributed by atoms with Crippen molar-refractivity contribution in [3.63, 3.8) is 0 Å². The second-order valence-corrected chi connectivity index (χ2v) is 9.72. The summed E-state index contributed by atoms with van der Waals surface area (Å²) in [6.07, 6.45) is 11.2. The van der Waals surface area contributed by atoms with Gasteiger partial charge in [0.1, 0.15) is 0 Å². The van der Waals surface area contributed by atoms with Gasteiger partial charge in [0.2, 0.25) is 5.91 Å². The molecule has 1 atom stereocenters. The zero-order chi connectivity index (χ0) is 17.4. The summed E-state index contributed by atoms with van der Waals surface area (Å²) in [5.74, 6) is 0.554. The molecule has 1 aliphatic heterocycles. The topological polar surface area (TPSA) is 66.5 Å². The Morgan fingerprint density at radius 2 is 1.75 bits per heavy atom.